The maximum absolute atomic E-state index is 11.5. The minimum Gasteiger partial charge on any atom is -0.480 e. The molecule has 0 spiro atoms. The first kappa shape index (κ1) is 17.5. The zero-order valence-electron chi connectivity index (χ0n) is 12.1. The summed E-state index contributed by atoms with van der Waals surface area (Å²) in [7, 11) is 0. The molecule has 0 heterocycles. The molecule has 0 fully saturated rings. The van der Waals surface area contributed by atoms with Gasteiger partial charge in [-0.3, -0.25) is 0 Å². The Kier molecular flexibility index (Phi) is 7.87. The van der Waals surface area contributed by atoms with E-state index in [9.17, 15) is 9.59 Å². The van der Waals surface area contributed by atoms with Crippen LogP contribution in [-0.2, 0) is 9.53 Å². The first-order valence-electron chi connectivity index (χ1n) is 6.56. The van der Waals surface area contributed by atoms with Gasteiger partial charge in [0.2, 0.25) is 0 Å². The van der Waals surface area contributed by atoms with Gasteiger partial charge in [0.25, 0.3) is 0 Å². The monoisotopic (exact) mass is 271 g/mol. The van der Waals surface area contributed by atoms with E-state index in [1.165, 1.54) is 0 Å². The van der Waals surface area contributed by atoms with Gasteiger partial charge in [-0.1, -0.05) is 26.8 Å². The van der Waals surface area contributed by atoms with Gasteiger partial charge in [0.15, 0.2) is 0 Å². The Balaban J connectivity index is 3.95. The maximum atomic E-state index is 11.5. The summed E-state index contributed by atoms with van der Waals surface area (Å²) in [4.78, 5) is 22.5. The van der Waals surface area contributed by atoms with Crippen molar-refractivity contribution in [2.45, 2.75) is 52.5 Å². The van der Waals surface area contributed by atoms with E-state index in [1.807, 2.05) is 6.08 Å². The number of amides is 1. The molecule has 0 aromatic carbocycles. The summed E-state index contributed by atoms with van der Waals surface area (Å²) in [5.74, 6) is -1.06. The lowest BCUT2D eigenvalue weighted by Gasteiger charge is -2.27. The van der Waals surface area contributed by atoms with Crippen molar-refractivity contribution < 1.29 is 19.4 Å². The molecular weight excluding hydrogens is 246 g/mol. The van der Waals surface area contributed by atoms with Crippen molar-refractivity contribution in [3.63, 3.8) is 0 Å². The van der Waals surface area contributed by atoms with E-state index < -0.39 is 23.5 Å². The third-order valence-corrected chi connectivity index (χ3v) is 2.66. The number of ether oxygens (including phenoxy) is 1. The third kappa shape index (κ3) is 8.24. The Morgan fingerprint density at radius 3 is 2.42 bits per heavy atom. The number of allylic oxidation sites excluding steroid dienone is 1. The van der Waals surface area contributed by atoms with Crippen molar-refractivity contribution >= 4 is 12.1 Å². The van der Waals surface area contributed by atoms with Crippen molar-refractivity contribution in [2.75, 3.05) is 6.61 Å². The highest BCUT2D eigenvalue weighted by atomic mass is 16.5. The number of unbranched alkanes of at least 4 members (excludes halogenated alkanes) is 3. The van der Waals surface area contributed by atoms with Gasteiger partial charge in [0.1, 0.15) is 6.04 Å². The quantitative estimate of drug-likeness (QED) is 0.525. The number of hydrogen-bond donors (Lipinski definition) is 2. The van der Waals surface area contributed by atoms with Crippen LogP contribution >= 0.6 is 0 Å². The normalized spacial score (nSPS) is 12.6. The van der Waals surface area contributed by atoms with Gasteiger partial charge in [-0.2, -0.15) is 0 Å². The number of carboxylic acids is 1. The molecule has 0 aliphatic carbocycles. The summed E-state index contributed by atoms with van der Waals surface area (Å²) >= 11 is 0. The number of rotatable bonds is 8. The van der Waals surface area contributed by atoms with Gasteiger partial charge in [-0.05, 0) is 31.1 Å². The SMILES string of the molecule is C=CCCCCCOC(=O)NC(C(=O)O)C(C)(C)C. The molecule has 5 heteroatoms. The van der Waals surface area contributed by atoms with E-state index in [4.69, 9.17) is 9.84 Å². The molecule has 19 heavy (non-hydrogen) atoms. The van der Waals surface area contributed by atoms with Crippen LogP contribution in [0.15, 0.2) is 12.7 Å². The summed E-state index contributed by atoms with van der Waals surface area (Å²) in [5.41, 5.74) is -0.561. The van der Waals surface area contributed by atoms with Crippen molar-refractivity contribution in [3.8, 4) is 0 Å². The molecule has 1 atom stereocenters. The van der Waals surface area contributed by atoms with Crippen LogP contribution in [-0.4, -0.2) is 29.8 Å². The third-order valence-electron chi connectivity index (χ3n) is 2.66. The van der Waals surface area contributed by atoms with E-state index in [1.54, 1.807) is 20.8 Å². The molecule has 0 saturated heterocycles. The average molecular weight is 271 g/mol. The van der Waals surface area contributed by atoms with Gasteiger partial charge >= 0.3 is 12.1 Å². The van der Waals surface area contributed by atoms with Crippen LogP contribution in [0.5, 0.6) is 0 Å². The lowest BCUT2D eigenvalue weighted by molar-refractivity contribution is -0.142. The fourth-order valence-electron chi connectivity index (χ4n) is 1.54. The van der Waals surface area contributed by atoms with Gasteiger partial charge in [0.05, 0.1) is 6.61 Å². The topological polar surface area (TPSA) is 75.6 Å². The van der Waals surface area contributed by atoms with E-state index in [0.29, 0.717) is 6.61 Å². The molecule has 0 bridgehead atoms. The van der Waals surface area contributed by atoms with Crippen molar-refractivity contribution in [2.24, 2.45) is 5.41 Å². The fourth-order valence-corrected chi connectivity index (χ4v) is 1.54. The molecule has 110 valence electrons. The number of hydrogen-bond acceptors (Lipinski definition) is 3. The largest absolute Gasteiger partial charge is 0.480 e. The molecule has 5 nitrogen and oxygen atoms in total. The van der Waals surface area contributed by atoms with E-state index >= 15 is 0 Å². The maximum Gasteiger partial charge on any atom is 0.407 e. The number of carbonyl (C=O) groups excluding carboxylic acids is 1. The summed E-state index contributed by atoms with van der Waals surface area (Å²) in [5, 5.41) is 11.4. The lowest BCUT2D eigenvalue weighted by atomic mass is 9.87. The molecule has 0 saturated carbocycles. The molecule has 0 rings (SSSR count). The average Bonchev–Trinajstić information content (AvgIpc) is 2.28. The standard InChI is InChI=1S/C14H25NO4/c1-5-6-7-8-9-10-19-13(18)15-11(12(16)17)14(2,3)4/h5,11H,1,6-10H2,2-4H3,(H,15,18)(H,16,17). The van der Waals surface area contributed by atoms with Crippen LogP contribution < -0.4 is 5.32 Å². The zero-order chi connectivity index (χ0) is 14.9. The van der Waals surface area contributed by atoms with Gasteiger partial charge in [-0.25, -0.2) is 9.59 Å². The summed E-state index contributed by atoms with van der Waals surface area (Å²) < 4.78 is 4.96. The highest BCUT2D eigenvalue weighted by Crippen LogP contribution is 2.19. The lowest BCUT2D eigenvalue weighted by Crippen LogP contribution is -2.49. The Hall–Kier alpha value is -1.52. The Labute approximate surface area is 115 Å². The fraction of sp³-hybridized carbons (Fsp3) is 0.714. The highest BCUT2D eigenvalue weighted by molar-refractivity contribution is 5.80. The molecule has 0 radical (unpaired) electrons. The molecule has 1 amide bonds. The smallest absolute Gasteiger partial charge is 0.407 e. The summed E-state index contributed by atoms with van der Waals surface area (Å²) in [6.07, 6.45) is 4.89. The molecule has 0 aliphatic heterocycles. The van der Waals surface area contributed by atoms with E-state index in [2.05, 4.69) is 11.9 Å². The molecule has 1 unspecified atom stereocenters. The second-order valence-corrected chi connectivity index (χ2v) is 5.56. The molecule has 0 aromatic rings. The Bertz CT molecular complexity index is 307. The molecule has 0 aromatic heterocycles. The van der Waals surface area contributed by atoms with Crippen LogP contribution in [0.2, 0.25) is 0 Å². The summed E-state index contributed by atoms with van der Waals surface area (Å²) in [6, 6.07) is -0.958. The van der Waals surface area contributed by atoms with Crippen LogP contribution in [0.4, 0.5) is 4.79 Å². The molecular formula is C14H25NO4. The Morgan fingerprint density at radius 2 is 1.95 bits per heavy atom. The van der Waals surface area contributed by atoms with Crippen LogP contribution in [0.1, 0.15) is 46.5 Å². The first-order valence-corrected chi connectivity index (χ1v) is 6.56. The van der Waals surface area contributed by atoms with E-state index in [0.717, 1.165) is 25.7 Å². The van der Waals surface area contributed by atoms with Gasteiger partial charge < -0.3 is 15.2 Å². The summed E-state index contributed by atoms with van der Waals surface area (Å²) in [6.45, 7) is 9.19. The predicted molar refractivity (Wildman–Crippen MR) is 74.0 cm³/mol. The second kappa shape index (κ2) is 8.56. The minimum absolute atomic E-state index is 0.305. The number of alkyl carbamates (subject to hydrolysis) is 1. The number of nitrogens with one attached hydrogen (secondary N) is 1. The number of carboxylic acid groups (broad SMARTS) is 1. The van der Waals surface area contributed by atoms with Crippen molar-refractivity contribution in [1.82, 2.24) is 5.32 Å². The van der Waals surface area contributed by atoms with Crippen LogP contribution in [0.25, 0.3) is 0 Å². The second-order valence-electron chi connectivity index (χ2n) is 5.56. The molecule has 0 aliphatic rings. The van der Waals surface area contributed by atoms with Gasteiger partial charge in [0, 0.05) is 0 Å². The zero-order valence-corrected chi connectivity index (χ0v) is 12.1. The number of aliphatic carboxylic acids is 1. The van der Waals surface area contributed by atoms with Crippen molar-refractivity contribution in [3.05, 3.63) is 12.7 Å². The first-order chi connectivity index (χ1) is 8.79. The highest BCUT2D eigenvalue weighted by Gasteiger charge is 2.32. The van der Waals surface area contributed by atoms with Crippen LogP contribution in [0, 0.1) is 5.41 Å². The predicted octanol–water partition coefficient (Wildman–Crippen LogP) is 2.96. The Morgan fingerprint density at radius 1 is 1.32 bits per heavy atom. The van der Waals surface area contributed by atoms with Crippen LogP contribution in [0.3, 0.4) is 0 Å². The minimum atomic E-state index is -1.06. The number of carbonyl (C=O) groups is 2. The van der Waals surface area contributed by atoms with E-state index in [-0.39, 0.29) is 0 Å². The van der Waals surface area contributed by atoms with Gasteiger partial charge in [-0.15, -0.1) is 6.58 Å². The van der Waals surface area contributed by atoms with Crippen molar-refractivity contribution in [1.29, 1.82) is 0 Å². The molecule has 2 N–H and O–H groups in total.